The monoisotopic (exact) mass is 360 g/mol. The number of benzene rings is 2. The van der Waals surface area contributed by atoms with E-state index in [-0.39, 0.29) is 23.9 Å². The van der Waals surface area contributed by atoms with Gasteiger partial charge in [-0.2, -0.15) is 0 Å². The summed E-state index contributed by atoms with van der Waals surface area (Å²) in [6, 6.07) is 16.3. The molecular formula is C20H20Cl2NO+. The summed E-state index contributed by atoms with van der Waals surface area (Å²) in [5.41, 5.74) is 2.38. The molecule has 0 radical (unpaired) electrons. The van der Waals surface area contributed by atoms with Gasteiger partial charge in [0.15, 0.2) is 5.78 Å². The Balaban J connectivity index is 1.71. The Morgan fingerprint density at radius 1 is 0.750 bits per heavy atom. The highest BCUT2D eigenvalue weighted by molar-refractivity contribution is 6.30. The van der Waals surface area contributed by atoms with Gasteiger partial charge in [-0.3, -0.25) is 4.79 Å². The highest BCUT2D eigenvalue weighted by Crippen LogP contribution is 2.41. The van der Waals surface area contributed by atoms with E-state index in [9.17, 15) is 4.79 Å². The highest BCUT2D eigenvalue weighted by Gasteiger charge is 2.49. The molecule has 0 amide bonds. The molecule has 1 aliphatic heterocycles. The lowest BCUT2D eigenvalue weighted by molar-refractivity contribution is -0.750. The van der Waals surface area contributed by atoms with Crippen molar-refractivity contribution in [1.82, 2.24) is 0 Å². The zero-order chi connectivity index (χ0) is 16.7. The smallest absolute Gasteiger partial charge is 0.151 e. The largest absolute Gasteiger partial charge is 0.333 e. The van der Waals surface area contributed by atoms with Crippen LogP contribution in [0.1, 0.15) is 42.5 Å². The summed E-state index contributed by atoms with van der Waals surface area (Å²) < 4.78 is 0. The van der Waals surface area contributed by atoms with Gasteiger partial charge in [-0.25, -0.2) is 0 Å². The fourth-order valence-electron chi connectivity index (χ4n) is 4.38. The van der Waals surface area contributed by atoms with Gasteiger partial charge in [0.1, 0.15) is 12.1 Å². The second-order valence-electron chi connectivity index (χ2n) is 6.89. The third-order valence-corrected chi connectivity index (χ3v) is 6.06. The summed E-state index contributed by atoms with van der Waals surface area (Å²) in [4.78, 5) is 13.0. The lowest BCUT2D eigenvalue weighted by Gasteiger charge is -2.42. The Morgan fingerprint density at radius 2 is 1.17 bits per heavy atom. The Hall–Kier alpha value is -1.35. The summed E-state index contributed by atoms with van der Waals surface area (Å²) in [6.07, 6.45) is 3.11. The average Bonchev–Trinajstić information content (AvgIpc) is 2.57. The molecule has 2 aromatic rings. The van der Waals surface area contributed by atoms with Gasteiger partial charge in [0, 0.05) is 21.2 Å². The van der Waals surface area contributed by atoms with Crippen LogP contribution in [0.3, 0.4) is 0 Å². The molecule has 2 nitrogen and oxygen atoms in total. The first-order chi connectivity index (χ1) is 11.6. The third kappa shape index (κ3) is 2.88. The van der Waals surface area contributed by atoms with Crippen LogP contribution in [0, 0.1) is 11.8 Å². The van der Waals surface area contributed by atoms with E-state index in [2.05, 4.69) is 29.6 Å². The first-order valence-electron chi connectivity index (χ1n) is 8.53. The molecule has 1 aliphatic carbocycles. The number of Topliss-reactive ketones (excluding diaryl/α,β-unsaturated/α-hetero) is 1. The first kappa shape index (κ1) is 16.1. The number of ketones is 1. The molecular weight excluding hydrogens is 341 g/mol. The van der Waals surface area contributed by atoms with Crippen LogP contribution in [0.25, 0.3) is 0 Å². The van der Waals surface area contributed by atoms with Crippen LogP contribution in [0.5, 0.6) is 0 Å². The van der Waals surface area contributed by atoms with E-state index in [0.717, 1.165) is 29.3 Å². The van der Waals surface area contributed by atoms with Crippen LogP contribution in [0.4, 0.5) is 0 Å². The molecule has 2 aliphatic rings. The van der Waals surface area contributed by atoms with E-state index in [4.69, 9.17) is 23.2 Å². The van der Waals surface area contributed by atoms with Crippen molar-refractivity contribution in [1.29, 1.82) is 0 Å². The van der Waals surface area contributed by atoms with Crippen LogP contribution in [0.2, 0.25) is 10.0 Å². The first-order valence-corrected chi connectivity index (χ1v) is 9.29. The quantitative estimate of drug-likeness (QED) is 0.848. The van der Waals surface area contributed by atoms with Crippen molar-refractivity contribution in [2.45, 2.75) is 31.3 Å². The van der Waals surface area contributed by atoms with E-state index in [0.29, 0.717) is 5.78 Å². The minimum absolute atomic E-state index is 0.119. The molecule has 2 N–H and O–H groups in total. The second kappa shape index (κ2) is 6.51. The molecule has 4 heteroatoms. The Bertz CT molecular complexity index is 680. The Morgan fingerprint density at radius 3 is 1.58 bits per heavy atom. The van der Waals surface area contributed by atoms with Crippen molar-refractivity contribution >= 4 is 29.0 Å². The topological polar surface area (TPSA) is 33.7 Å². The van der Waals surface area contributed by atoms with Gasteiger partial charge in [-0.1, -0.05) is 53.9 Å². The van der Waals surface area contributed by atoms with Crippen molar-refractivity contribution in [3.63, 3.8) is 0 Å². The fraction of sp³-hybridized carbons (Fsp3) is 0.350. The number of carbonyl (C=O) groups excluding carboxylic acids is 1. The molecule has 124 valence electrons. The molecule has 1 heterocycles. The van der Waals surface area contributed by atoms with Crippen molar-refractivity contribution in [3.05, 3.63) is 69.7 Å². The van der Waals surface area contributed by atoms with Crippen molar-refractivity contribution in [3.8, 4) is 0 Å². The van der Waals surface area contributed by atoms with Crippen LogP contribution in [-0.4, -0.2) is 5.78 Å². The zero-order valence-corrected chi connectivity index (χ0v) is 14.8. The number of rotatable bonds is 2. The van der Waals surface area contributed by atoms with Gasteiger partial charge >= 0.3 is 0 Å². The van der Waals surface area contributed by atoms with Crippen LogP contribution < -0.4 is 5.32 Å². The number of hydrogen-bond acceptors (Lipinski definition) is 1. The number of nitrogens with two attached hydrogens (primary N) is 1. The predicted molar refractivity (Wildman–Crippen MR) is 96.1 cm³/mol. The number of carbonyl (C=O) groups is 1. The molecule has 0 unspecified atom stereocenters. The average molecular weight is 361 g/mol. The lowest BCUT2D eigenvalue weighted by Crippen LogP contribution is -2.92. The van der Waals surface area contributed by atoms with E-state index in [1.54, 1.807) is 0 Å². The normalized spacial score (nSPS) is 29.5. The molecule has 4 atom stereocenters. The van der Waals surface area contributed by atoms with E-state index in [1.165, 1.54) is 11.1 Å². The third-order valence-electron chi connectivity index (χ3n) is 5.55. The number of piperidine rings is 1. The SMILES string of the molecule is O=C1[C@H]2CCC[C@@H]1[C@H](c1ccc(Cl)cc1)[NH2+][C@@H]2c1ccc(Cl)cc1. The maximum atomic E-state index is 13.0. The molecule has 1 saturated carbocycles. The van der Waals surface area contributed by atoms with E-state index in [1.807, 2.05) is 24.3 Å². The second-order valence-corrected chi connectivity index (χ2v) is 7.77. The van der Waals surface area contributed by atoms with Crippen LogP contribution >= 0.6 is 23.2 Å². The van der Waals surface area contributed by atoms with Gasteiger partial charge in [0.05, 0.1) is 11.8 Å². The van der Waals surface area contributed by atoms with Gasteiger partial charge in [-0.15, -0.1) is 0 Å². The minimum atomic E-state index is 0.119. The Labute approximate surface area is 152 Å². The summed E-state index contributed by atoms with van der Waals surface area (Å²) in [6.45, 7) is 0. The lowest BCUT2D eigenvalue weighted by atomic mass is 9.67. The van der Waals surface area contributed by atoms with Crippen molar-refractivity contribution in [2.75, 3.05) is 0 Å². The molecule has 4 rings (SSSR count). The summed E-state index contributed by atoms with van der Waals surface area (Å²) >= 11 is 12.1. The molecule has 2 aromatic carbocycles. The fourth-order valence-corrected chi connectivity index (χ4v) is 4.63. The van der Waals surface area contributed by atoms with Crippen molar-refractivity contribution < 1.29 is 10.1 Å². The maximum Gasteiger partial charge on any atom is 0.151 e. The Kier molecular flexibility index (Phi) is 4.38. The highest BCUT2D eigenvalue weighted by atomic mass is 35.5. The van der Waals surface area contributed by atoms with Gasteiger partial charge in [0.2, 0.25) is 0 Å². The van der Waals surface area contributed by atoms with Crippen molar-refractivity contribution in [2.24, 2.45) is 11.8 Å². The molecule has 2 bridgehead atoms. The molecule has 2 fully saturated rings. The van der Waals surface area contributed by atoms with Gasteiger partial charge in [0.25, 0.3) is 0 Å². The van der Waals surface area contributed by atoms with Gasteiger partial charge in [-0.05, 0) is 37.1 Å². The molecule has 0 spiro atoms. The number of halogens is 2. The predicted octanol–water partition coefficient (Wildman–Crippen LogP) is 4.34. The molecule has 24 heavy (non-hydrogen) atoms. The maximum absolute atomic E-state index is 13.0. The molecule has 0 aromatic heterocycles. The standard InChI is InChI=1S/C20H19Cl2NO/c21-14-8-4-12(5-9-14)18-16-2-1-3-17(20(16)24)19(23-18)13-6-10-15(22)11-7-13/h4-11,16-19,23H,1-3H2/p+1/t16-,17+,18+,19-. The molecule has 1 saturated heterocycles. The zero-order valence-electron chi connectivity index (χ0n) is 13.3. The van der Waals surface area contributed by atoms with Gasteiger partial charge < -0.3 is 5.32 Å². The number of fused-ring (bicyclic) bond motifs is 2. The summed E-state index contributed by atoms with van der Waals surface area (Å²) in [7, 11) is 0. The van der Waals surface area contributed by atoms with E-state index < -0.39 is 0 Å². The van der Waals surface area contributed by atoms with Crippen LogP contribution in [0.15, 0.2) is 48.5 Å². The number of hydrogen-bond donors (Lipinski definition) is 1. The van der Waals surface area contributed by atoms with Crippen LogP contribution in [-0.2, 0) is 4.79 Å². The minimum Gasteiger partial charge on any atom is -0.333 e. The summed E-state index contributed by atoms with van der Waals surface area (Å²) in [5.74, 6) is 0.672. The van der Waals surface area contributed by atoms with E-state index >= 15 is 0 Å². The number of quaternary nitrogens is 1. The summed E-state index contributed by atoms with van der Waals surface area (Å²) in [5, 5.41) is 3.86.